The van der Waals surface area contributed by atoms with E-state index < -0.39 is 0 Å². The van der Waals surface area contributed by atoms with Crippen LogP contribution in [0.1, 0.15) is 84.4 Å². The quantitative estimate of drug-likeness (QED) is 0.656. The van der Waals surface area contributed by atoms with E-state index in [9.17, 15) is 0 Å². The molecule has 0 aliphatic rings. The zero-order valence-corrected chi connectivity index (χ0v) is 15.2. The molecular weight excluding hydrogens is 254 g/mol. The van der Waals surface area contributed by atoms with Crippen LogP contribution >= 0.6 is 0 Å². The summed E-state index contributed by atoms with van der Waals surface area (Å²) in [6.45, 7) is 17.1. The van der Waals surface area contributed by atoms with Gasteiger partial charge in [0.05, 0.1) is 0 Å². The first-order chi connectivity index (χ1) is 9.73. The highest BCUT2D eigenvalue weighted by Gasteiger charge is 2.19. The summed E-state index contributed by atoms with van der Waals surface area (Å²) in [5, 5.41) is 3.66. The average Bonchev–Trinajstić information content (AvgIpc) is 2.36. The Hall–Kier alpha value is -0.820. The van der Waals surface area contributed by atoms with Crippen molar-refractivity contribution < 1.29 is 0 Å². The number of rotatable bonds is 7. The second-order valence-corrected chi connectivity index (χ2v) is 8.04. The van der Waals surface area contributed by atoms with Gasteiger partial charge in [-0.3, -0.25) is 0 Å². The molecule has 1 nitrogen and oxygen atoms in total. The largest absolute Gasteiger partial charge is 0.310 e. The Morgan fingerprint density at radius 1 is 0.952 bits per heavy atom. The SMILES string of the molecule is CCNC(CC(C)CC(C)(C)C)c1ccc(C(C)C)cc1. The lowest BCUT2D eigenvalue weighted by atomic mass is 9.82. The maximum atomic E-state index is 3.66. The van der Waals surface area contributed by atoms with E-state index in [2.05, 4.69) is 78.0 Å². The van der Waals surface area contributed by atoms with Crippen LogP contribution in [0.3, 0.4) is 0 Å². The van der Waals surface area contributed by atoms with Gasteiger partial charge >= 0.3 is 0 Å². The molecule has 21 heavy (non-hydrogen) atoms. The monoisotopic (exact) mass is 289 g/mol. The minimum atomic E-state index is 0.414. The van der Waals surface area contributed by atoms with E-state index in [0.29, 0.717) is 17.4 Å². The van der Waals surface area contributed by atoms with E-state index in [1.165, 1.54) is 24.0 Å². The van der Waals surface area contributed by atoms with Crippen LogP contribution < -0.4 is 5.32 Å². The average molecular weight is 290 g/mol. The Labute approximate surface area is 132 Å². The molecule has 0 aromatic heterocycles. The zero-order chi connectivity index (χ0) is 16.0. The molecule has 0 saturated carbocycles. The molecule has 1 aromatic rings. The number of benzene rings is 1. The van der Waals surface area contributed by atoms with Crippen molar-refractivity contribution >= 4 is 0 Å². The summed E-state index contributed by atoms with van der Waals surface area (Å²) in [5.41, 5.74) is 3.27. The summed E-state index contributed by atoms with van der Waals surface area (Å²) >= 11 is 0. The van der Waals surface area contributed by atoms with Crippen molar-refractivity contribution in [2.24, 2.45) is 11.3 Å². The van der Waals surface area contributed by atoms with Gasteiger partial charge in [0.1, 0.15) is 0 Å². The van der Waals surface area contributed by atoms with Crippen molar-refractivity contribution in [3.05, 3.63) is 35.4 Å². The molecule has 0 radical (unpaired) electrons. The van der Waals surface area contributed by atoms with E-state index in [-0.39, 0.29) is 0 Å². The normalized spacial score (nSPS) is 15.2. The van der Waals surface area contributed by atoms with Gasteiger partial charge < -0.3 is 5.32 Å². The van der Waals surface area contributed by atoms with Crippen LogP contribution in [-0.2, 0) is 0 Å². The fraction of sp³-hybridized carbons (Fsp3) is 0.700. The van der Waals surface area contributed by atoms with E-state index in [4.69, 9.17) is 0 Å². The van der Waals surface area contributed by atoms with E-state index in [0.717, 1.165) is 12.5 Å². The third-order valence-electron chi connectivity index (χ3n) is 4.05. The summed E-state index contributed by atoms with van der Waals surface area (Å²) < 4.78 is 0. The standard InChI is InChI=1S/C20H35N/c1-8-21-19(13-16(4)14-20(5,6)7)18-11-9-17(10-12-18)15(2)3/h9-12,15-16,19,21H,8,13-14H2,1-7H3. The predicted molar refractivity (Wildman–Crippen MR) is 94.8 cm³/mol. The minimum absolute atomic E-state index is 0.414. The minimum Gasteiger partial charge on any atom is -0.310 e. The van der Waals surface area contributed by atoms with E-state index >= 15 is 0 Å². The number of hydrogen-bond donors (Lipinski definition) is 1. The van der Waals surface area contributed by atoms with Crippen LogP contribution in [0, 0.1) is 11.3 Å². The molecule has 0 heterocycles. The lowest BCUT2D eigenvalue weighted by Crippen LogP contribution is -2.24. The van der Waals surface area contributed by atoms with Crippen molar-refractivity contribution in [3.8, 4) is 0 Å². The highest BCUT2D eigenvalue weighted by molar-refractivity contribution is 5.27. The van der Waals surface area contributed by atoms with Crippen molar-refractivity contribution in [1.82, 2.24) is 5.32 Å². The summed E-state index contributed by atoms with van der Waals surface area (Å²) in [4.78, 5) is 0. The predicted octanol–water partition coefficient (Wildman–Crippen LogP) is 5.92. The summed E-state index contributed by atoms with van der Waals surface area (Å²) in [7, 11) is 0. The molecule has 0 amide bonds. The Bertz CT molecular complexity index is 397. The molecule has 0 saturated heterocycles. The van der Waals surface area contributed by atoms with Crippen molar-refractivity contribution in [3.63, 3.8) is 0 Å². The third kappa shape index (κ3) is 6.65. The molecule has 0 spiro atoms. The van der Waals surface area contributed by atoms with Gasteiger partial charge in [0, 0.05) is 6.04 Å². The molecule has 0 aliphatic heterocycles. The first-order valence-electron chi connectivity index (χ1n) is 8.56. The fourth-order valence-electron chi connectivity index (χ4n) is 3.23. The maximum absolute atomic E-state index is 3.66. The number of hydrogen-bond acceptors (Lipinski definition) is 1. The Morgan fingerprint density at radius 3 is 1.90 bits per heavy atom. The van der Waals surface area contributed by atoms with Crippen molar-refractivity contribution in [2.45, 2.75) is 73.3 Å². The molecule has 1 N–H and O–H groups in total. The van der Waals surface area contributed by atoms with Crippen molar-refractivity contribution in [2.75, 3.05) is 6.54 Å². The van der Waals surface area contributed by atoms with Crippen LogP contribution in [0.5, 0.6) is 0 Å². The van der Waals surface area contributed by atoms with Gasteiger partial charge in [-0.2, -0.15) is 0 Å². The Kier molecular flexibility index (Phi) is 6.93. The molecule has 2 atom stereocenters. The fourth-order valence-corrected chi connectivity index (χ4v) is 3.23. The lowest BCUT2D eigenvalue weighted by Gasteiger charge is -2.27. The van der Waals surface area contributed by atoms with E-state index in [1.54, 1.807) is 0 Å². The lowest BCUT2D eigenvalue weighted by molar-refractivity contribution is 0.276. The summed E-state index contributed by atoms with van der Waals surface area (Å²) in [5.74, 6) is 1.34. The smallest absolute Gasteiger partial charge is 0.0322 e. The van der Waals surface area contributed by atoms with E-state index in [1.807, 2.05) is 0 Å². The maximum Gasteiger partial charge on any atom is 0.0322 e. The zero-order valence-electron chi connectivity index (χ0n) is 15.2. The van der Waals surface area contributed by atoms with Gasteiger partial charge in [0.15, 0.2) is 0 Å². The molecule has 120 valence electrons. The van der Waals surface area contributed by atoms with Gasteiger partial charge in [-0.25, -0.2) is 0 Å². The van der Waals surface area contributed by atoms with Gasteiger partial charge in [-0.1, -0.05) is 72.7 Å². The highest BCUT2D eigenvalue weighted by atomic mass is 14.9. The first kappa shape index (κ1) is 18.2. The Morgan fingerprint density at radius 2 is 1.48 bits per heavy atom. The topological polar surface area (TPSA) is 12.0 Å². The molecular formula is C20H35N. The third-order valence-corrected chi connectivity index (χ3v) is 4.05. The number of nitrogens with one attached hydrogen (secondary N) is 1. The van der Waals surface area contributed by atoms with Gasteiger partial charge in [-0.05, 0) is 47.8 Å². The molecule has 2 unspecified atom stereocenters. The molecule has 1 heteroatoms. The van der Waals surface area contributed by atoms with Crippen LogP contribution in [-0.4, -0.2) is 6.54 Å². The second kappa shape index (κ2) is 7.98. The van der Waals surface area contributed by atoms with Gasteiger partial charge in [0.2, 0.25) is 0 Å². The second-order valence-electron chi connectivity index (χ2n) is 8.04. The summed E-state index contributed by atoms with van der Waals surface area (Å²) in [6, 6.07) is 9.68. The highest BCUT2D eigenvalue weighted by Crippen LogP contribution is 2.31. The van der Waals surface area contributed by atoms with Gasteiger partial charge in [0.25, 0.3) is 0 Å². The van der Waals surface area contributed by atoms with Crippen LogP contribution in [0.4, 0.5) is 0 Å². The Balaban J connectivity index is 2.76. The first-order valence-corrected chi connectivity index (χ1v) is 8.56. The van der Waals surface area contributed by atoms with Crippen LogP contribution in [0.25, 0.3) is 0 Å². The molecule has 0 bridgehead atoms. The molecule has 1 rings (SSSR count). The van der Waals surface area contributed by atoms with Crippen molar-refractivity contribution in [1.29, 1.82) is 0 Å². The summed E-state index contributed by atoms with van der Waals surface area (Å²) in [6.07, 6.45) is 2.49. The van der Waals surface area contributed by atoms with Crippen LogP contribution in [0.2, 0.25) is 0 Å². The van der Waals surface area contributed by atoms with Gasteiger partial charge in [-0.15, -0.1) is 0 Å². The molecule has 0 fully saturated rings. The molecule has 0 aliphatic carbocycles. The molecule has 1 aromatic carbocycles. The van der Waals surface area contributed by atoms with Crippen LogP contribution in [0.15, 0.2) is 24.3 Å².